The van der Waals surface area contributed by atoms with Crippen molar-refractivity contribution in [2.24, 2.45) is 0 Å². The van der Waals surface area contributed by atoms with E-state index >= 15 is 0 Å². The first kappa shape index (κ1) is 20.8. The minimum absolute atomic E-state index is 0.0839. The molecule has 1 amide bonds. The molecule has 2 aromatic heterocycles. The smallest absolute Gasteiger partial charge is 0.253 e. The van der Waals surface area contributed by atoms with Crippen molar-refractivity contribution in [1.82, 2.24) is 19.3 Å². The molecule has 0 unspecified atom stereocenters. The van der Waals surface area contributed by atoms with Crippen LogP contribution >= 0.6 is 0 Å². The standard InChI is InChI=1S/C25H31N5O2/c1-16-13-19-14-18(5-6-20(19)32-16)24(31)29-10-7-17(8-11-29)22-23(28-25(2,3)4)30-12-9-26-15-21(30)27-22/h5-6,9,12,14-17,28H,7-8,10-11,13H2,1-4H3/t16-/m0/s1. The summed E-state index contributed by atoms with van der Waals surface area (Å²) in [5.74, 6) is 2.36. The summed E-state index contributed by atoms with van der Waals surface area (Å²) in [5, 5.41) is 3.64. The molecule has 4 heterocycles. The molecule has 1 N–H and O–H groups in total. The van der Waals surface area contributed by atoms with Crippen molar-refractivity contribution < 1.29 is 9.53 Å². The topological polar surface area (TPSA) is 71.8 Å². The molecule has 1 aromatic carbocycles. The Labute approximate surface area is 188 Å². The van der Waals surface area contributed by atoms with E-state index in [9.17, 15) is 4.79 Å². The highest BCUT2D eigenvalue weighted by molar-refractivity contribution is 5.94. The van der Waals surface area contributed by atoms with Gasteiger partial charge in [-0.05, 0) is 64.3 Å². The summed E-state index contributed by atoms with van der Waals surface area (Å²) in [6, 6.07) is 5.84. The molecule has 0 bridgehead atoms. The van der Waals surface area contributed by atoms with E-state index in [1.54, 1.807) is 12.4 Å². The Morgan fingerprint density at radius 2 is 2.00 bits per heavy atom. The number of carbonyl (C=O) groups excluding carboxylic acids is 1. The van der Waals surface area contributed by atoms with Crippen molar-refractivity contribution in [3.05, 3.63) is 53.6 Å². The lowest BCUT2D eigenvalue weighted by Gasteiger charge is -2.32. The minimum atomic E-state index is -0.0839. The number of rotatable bonds is 3. The van der Waals surface area contributed by atoms with Crippen LogP contribution in [0.25, 0.3) is 5.65 Å². The van der Waals surface area contributed by atoms with E-state index in [0.717, 1.165) is 66.4 Å². The Morgan fingerprint density at radius 3 is 2.75 bits per heavy atom. The van der Waals surface area contributed by atoms with Crippen LogP contribution < -0.4 is 10.1 Å². The molecule has 0 radical (unpaired) electrons. The molecular formula is C25H31N5O2. The lowest BCUT2D eigenvalue weighted by Crippen LogP contribution is -2.38. The van der Waals surface area contributed by atoms with Gasteiger partial charge in [-0.25, -0.2) is 4.98 Å². The molecule has 32 heavy (non-hydrogen) atoms. The van der Waals surface area contributed by atoms with Crippen LogP contribution in [-0.2, 0) is 6.42 Å². The maximum absolute atomic E-state index is 13.2. The van der Waals surface area contributed by atoms with Crippen molar-refractivity contribution in [2.75, 3.05) is 18.4 Å². The number of benzene rings is 1. The van der Waals surface area contributed by atoms with Crippen LogP contribution in [-0.4, -0.2) is 49.9 Å². The number of imidazole rings is 1. The maximum atomic E-state index is 13.2. The number of aromatic nitrogens is 3. The number of fused-ring (bicyclic) bond motifs is 2. The van der Waals surface area contributed by atoms with E-state index in [4.69, 9.17) is 9.72 Å². The zero-order valence-electron chi connectivity index (χ0n) is 19.3. The monoisotopic (exact) mass is 433 g/mol. The molecule has 7 heteroatoms. The normalized spacial score (nSPS) is 19.1. The second kappa shape index (κ2) is 7.80. The van der Waals surface area contributed by atoms with E-state index < -0.39 is 0 Å². The van der Waals surface area contributed by atoms with Crippen molar-refractivity contribution >= 4 is 17.4 Å². The third-order valence-corrected chi connectivity index (χ3v) is 6.26. The first-order valence-corrected chi connectivity index (χ1v) is 11.5. The predicted molar refractivity (Wildman–Crippen MR) is 124 cm³/mol. The van der Waals surface area contributed by atoms with Crippen LogP contribution in [0.2, 0.25) is 0 Å². The van der Waals surface area contributed by atoms with Crippen LogP contribution in [0.4, 0.5) is 5.82 Å². The lowest BCUT2D eigenvalue weighted by atomic mass is 9.92. The van der Waals surface area contributed by atoms with Gasteiger partial charge >= 0.3 is 0 Å². The first-order chi connectivity index (χ1) is 15.3. The van der Waals surface area contributed by atoms with Crippen LogP contribution in [0.5, 0.6) is 5.75 Å². The minimum Gasteiger partial charge on any atom is -0.490 e. The number of nitrogens with one attached hydrogen (secondary N) is 1. The van der Waals surface area contributed by atoms with E-state index in [0.29, 0.717) is 5.92 Å². The van der Waals surface area contributed by atoms with Gasteiger partial charge in [0.2, 0.25) is 0 Å². The van der Waals surface area contributed by atoms with Gasteiger partial charge in [-0.15, -0.1) is 0 Å². The summed E-state index contributed by atoms with van der Waals surface area (Å²) in [4.78, 5) is 24.3. The molecule has 0 saturated carbocycles. The molecule has 3 aromatic rings. The molecule has 2 aliphatic rings. The highest BCUT2D eigenvalue weighted by Crippen LogP contribution is 2.35. The number of ether oxygens (including phenoxy) is 1. The van der Waals surface area contributed by atoms with Crippen molar-refractivity contribution in [3.63, 3.8) is 0 Å². The number of carbonyl (C=O) groups is 1. The largest absolute Gasteiger partial charge is 0.490 e. The van der Waals surface area contributed by atoms with Crippen LogP contribution in [0, 0.1) is 0 Å². The van der Waals surface area contributed by atoms with Gasteiger partial charge in [-0.3, -0.25) is 14.2 Å². The van der Waals surface area contributed by atoms with Crippen molar-refractivity contribution in [2.45, 2.75) is 64.5 Å². The first-order valence-electron chi connectivity index (χ1n) is 11.5. The second-order valence-corrected chi connectivity index (χ2v) is 10.0. The number of hydrogen-bond acceptors (Lipinski definition) is 5. The molecule has 5 rings (SSSR count). The van der Waals surface area contributed by atoms with Crippen molar-refractivity contribution in [3.8, 4) is 5.75 Å². The summed E-state index contributed by atoms with van der Waals surface area (Å²) >= 11 is 0. The van der Waals surface area contributed by atoms with Gasteiger partial charge in [0, 0.05) is 48.9 Å². The SMILES string of the molecule is C[C@H]1Cc2cc(C(=O)N3CCC(c4nc5cnccn5c4NC(C)(C)C)CC3)ccc2O1. The van der Waals surface area contributed by atoms with Crippen LogP contribution in [0.15, 0.2) is 36.8 Å². The van der Waals surface area contributed by atoms with Gasteiger partial charge in [0.1, 0.15) is 17.7 Å². The highest BCUT2D eigenvalue weighted by atomic mass is 16.5. The third kappa shape index (κ3) is 3.92. The molecule has 2 aliphatic heterocycles. The molecule has 168 valence electrons. The summed E-state index contributed by atoms with van der Waals surface area (Å²) < 4.78 is 7.86. The fourth-order valence-corrected chi connectivity index (χ4v) is 4.78. The van der Waals surface area contributed by atoms with Gasteiger partial charge in [0.25, 0.3) is 5.91 Å². The maximum Gasteiger partial charge on any atom is 0.253 e. The van der Waals surface area contributed by atoms with Gasteiger partial charge in [0.15, 0.2) is 5.65 Å². The van der Waals surface area contributed by atoms with E-state index in [1.165, 1.54) is 0 Å². The molecule has 1 saturated heterocycles. The zero-order valence-corrected chi connectivity index (χ0v) is 19.3. The predicted octanol–water partition coefficient (Wildman–Crippen LogP) is 4.28. The number of amides is 1. The fourth-order valence-electron chi connectivity index (χ4n) is 4.78. The van der Waals surface area contributed by atoms with Crippen LogP contribution in [0.1, 0.15) is 68.1 Å². The van der Waals surface area contributed by atoms with Gasteiger partial charge < -0.3 is 15.0 Å². The Hall–Kier alpha value is -3.09. The average Bonchev–Trinajstić information content (AvgIpc) is 3.31. The summed E-state index contributed by atoms with van der Waals surface area (Å²) in [7, 11) is 0. The van der Waals surface area contributed by atoms with Crippen LogP contribution in [0.3, 0.4) is 0 Å². The highest BCUT2D eigenvalue weighted by Gasteiger charge is 2.30. The number of nitrogens with zero attached hydrogens (tertiary/aromatic N) is 4. The van der Waals surface area contributed by atoms with E-state index in [2.05, 4.69) is 42.4 Å². The molecule has 0 aliphatic carbocycles. The summed E-state index contributed by atoms with van der Waals surface area (Å²) in [5.41, 5.74) is 3.73. The molecule has 0 spiro atoms. The molecule has 7 nitrogen and oxygen atoms in total. The number of piperidine rings is 1. The number of likely N-dealkylation sites (tertiary alicyclic amines) is 1. The molecular weight excluding hydrogens is 402 g/mol. The summed E-state index contributed by atoms with van der Waals surface area (Å²) in [6.45, 7) is 9.98. The average molecular weight is 434 g/mol. The van der Waals surface area contributed by atoms with Gasteiger partial charge in [-0.1, -0.05) is 0 Å². The molecule has 1 fully saturated rings. The zero-order chi connectivity index (χ0) is 22.5. The van der Waals surface area contributed by atoms with E-state index in [1.807, 2.05) is 29.3 Å². The summed E-state index contributed by atoms with van der Waals surface area (Å²) in [6.07, 6.45) is 8.38. The number of anilines is 1. The molecule has 1 atom stereocenters. The second-order valence-electron chi connectivity index (χ2n) is 10.0. The fraction of sp³-hybridized carbons (Fsp3) is 0.480. The third-order valence-electron chi connectivity index (χ3n) is 6.26. The van der Waals surface area contributed by atoms with E-state index in [-0.39, 0.29) is 17.6 Å². The van der Waals surface area contributed by atoms with Gasteiger partial charge in [-0.2, -0.15) is 0 Å². The Bertz CT molecular complexity index is 1150. The Morgan fingerprint density at radius 1 is 1.22 bits per heavy atom. The Kier molecular flexibility index (Phi) is 5.07. The lowest BCUT2D eigenvalue weighted by molar-refractivity contribution is 0.0712. The Balaban J connectivity index is 1.33. The number of hydrogen-bond donors (Lipinski definition) is 1. The quantitative estimate of drug-likeness (QED) is 0.667. The van der Waals surface area contributed by atoms with Crippen molar-refractivity contribution in [1.29, 1.82) is 0 Å². The van der Waals surface area contributed by atoms with Gasteiger partial charge in [0.05, 0.1) is 11.9 Å².